The summed E-state index contributed by atoms with van der Waals surface area (Å²) in [4.78, 5) is 2.32. The molecule has 1 aliphatic rings. The van der Waals surface area contributed by atoms with Gasteiger partial charge in [0.2, 0.25) is 0 Å². The fourth-order valence-electron chi connectivity index (χ4n) is 2.37. The maximum atomic E-state index is 14.2. The zero-order valence-corrected chi connectivity index (χ0v) is 13.0. The lowest BCUT2D eigenvalue weighted by Gasteiger charge is -2.38. The average molecular weight is 333 g/mol. The van der Waals surface area contributed by atoms with Crippen molar-refractivity contribution < 1.29 is 4.39 Å². The van der Waals surface area contributed by atoms with E-state index in [4.69, 9.17) is 0 Å². The van der Waals surface area contributed by atoms with E-state index >= 15 is 0 Å². The number of hydrogen-bond acceptors (Lipinski definition) is 3. The van der Waals surface area contributed by atoms with E-state index in [1.807, 2.05) is 30.9 Å². The molecule has 0 spiro atoms. The third-order valence-electron chi connectivity index (χ3n) is 3.46. The summed E-state index contributed by atoms with van der Waals surface area (Å²) < 4.78 is 14.7. The highest BCUT2D eigenvalue weighted by Crippen LogP contribution is 2.30. The van der Waals surface area contributed by atoms with Gasteiger partial charge in [-0.1, -0.05) is 12.1 Å². The highest BCUT2D eigenvalue weighted by Gasteiger charge is 2.30. The molecular weight excluding hydrogens is 315 g/mol. The largest absolute Gasteiger partial charge is 0.312 e. The molecule has 0 aliphatic carbocycles. The molecule has 2 atom stereocenters. The van der Waals surface area contributed by atoms with Gasteiger partial charge in [0.1, 0.15) is 5.82 Å². The third-order valence-corrected chi connectivity index (χ3v) is 5.12. The van der Waals surface area contributed by atoms with E-state index in [1.54, 1.807) is 6.07 Å². The van der Waals surface area contributed by atoms with E-state index in [-0.39, 0.29) is 11.9 Å². The highest BCUT2D eigenvalue weighted by molar-refractivity contribution is 9.10. The summed E-state index contributed by atoms with van der Waals surface area (Å²) in [5, 5.41) is 3.27. The van der Waals surface area contributed by atoms with Gasteiger partial charge < -0.3 is 5.32 Å². The van der Waals surface area contributed by atoms with Crippen LogP contribution < -0.4 is 5.32 Å². The lowest BCUT2D eigenvalue weighted by atomic mass is 9.99. The van der Waals surface area contributed by atoms with Crippen molar-refractivity contribution in [3.63, 3.8) is 0 Å². The number of nitrogens with zero attached hydrogens (tertiary/aromatic N) is 1. The maximum absolute atomic E-state index is 14.2. The molecular formula is C13H18BrFN2S. The van der Waals surface area contributed by atoms with Crippen LogP contribution >= 0.6 is 27.7 Å². The van der Waals surface area contributed by atoms with Gasteiger partial charge in [0, 0.05) is 29.7 Å². The zero-order valence-electron chi connectivity index (χ0n) is 10.6. The predicted octanol–water partition coefficient (Wildman–Crippen LogP) is 2.90. The number of nitrogens with one attached hydrogen (secondary N) is 1. The molecule has 2 rings (SSSR count). The van der Waals surface area contributed by atoms with Gasteiger partial charge >= 0.3 is 0 Å². The number of halogens is 2. The molecule has 0 bridgehead atoms. The standard InChI is InChI=1S/C13H18BrFN2S/c1-16-13(11-8-18-7-6-17(11)2)9-4-3-5-10(14)12(9)15/h3-5,11,13,16H,6-8H2,1-2H3. The molecule has 1 N–H and O–H groups in total. The Morgan fingerprint density at radius 3 is 3.00 bits per heavy atom. The molecule has 100 valence electrons. The zero-order chi connectivity index (χ0) is 13.1. The Bertz CT molecular complexity index is 416. The number of likely N-dealkylation sites (N-methyl/N-ethyl adjacent to an activating group) is 2. The molecule has 1 fully saturated rings. The monoisotopic (exact) mass is 332 g/mol. The molecule has 2 unspecified atom stereocenters. The second-order valence-corrected chi connectivity index (χ2v) is 6.54. The van der Waals surface area contributed by atoms with Gasteiger partial charge in [-0.05, 0) is 36.1 Å². The van der Waals surface area contributed by atoms with Crippen LogP contribution in [0.15, 0.2) is 22.7 Å². The molecule has 1 aromatic rings. The normalized spacial score (nSPS) is 23.0. The Balaban J connectivity index is 2.29. The number of thioether (sulfide) groups is 1. The van der Waals surface area contributed by atoms with Gasteiger partial charge in [0.15, 0.2) is 0 Å². The van der Waals surface area contributed by atoms with Gasteiger partial charge in [0.25, 0.3) is 0 Å². The molecule has 0 aromatic heterocycles. The average Bonchev–Trinajstić information content (AvgIpc) is 2.37. The van der Waals surface area contributed by atoms with Crippen molar-refractivity contribution in [1.82, 2.24) is 10.2 Å². The van der Waals surface area contributed by atoms with Crippen LogP contribution in [0.25, 0.3) is 0 Å². The van der Waals surface area contributed by atoms with Gasteiger partial charge in [-0.25, -0.2) is 4.39 Å². The van der Waals surface area contributed by atoms with E-state index in [0.29, 0.717) is 10.5 Å². The first-order chi connectivity index (χ1) is 8.65. The second-order valence-electron chi connectivity index (χ2n) is 4.53. The van der Waals surface area contributed by atoms with Gasteiger partial charge in [0.05, 0.1) is 10.5 Å². The molecule has 1 saturated heterocycles. The molecule has 0 saturated carbocycles. The van der Waals surface area contributed by atoms with E-state index in [1.165, 1.54) is 0 Å². The summed E-state index contributed by atoms with van der Waals surface area (Å²) in [5.41, 5.74) is 0.742. The minimum absolute atomic E-state index is 0.0281. The SMILES string of the molecule is CNC(c1cccc(Br)c1F)C1CSCCN1C. The Kier molecular flexibility index (Phi) is 5.06. The van der Waals surface area contributed by atoms with Gasteiger partial charge in [-0.3, -0.25) is 4.90 Å². The summed E-state index contributed by atoms with van der Waals surface area (Å²) in [6.07, 6.45) is 0. The Morgan fingerprint density at radius 1 is 1.56 bits per heavy atom. The van der Waals surface area contributed by atoms with Crippen LogP contribution in [0, 0.1) is 5.82 Å². The van der Waals surface area contributed by atoms with Crippen LogP contribution in [-0.2, 0) is 0 Å². The Labute approximate surface area is 120 Å². The van der Waals surface area contributed by atoms with Crippen molar-refractivity contribution in [1.29, 1.82) is 0 Å². The van der Waals surface area contributed by atoms with E-state index in [9.17, 15) is 4.39 Å². The highest BCUT2D eigenvalue weighted by atomic mass is 79.9. The Hall–Kier alpha value is -0.100. The molecule has 1 heterocycles. The van der Waals surface area contributed by atoms with Crippen molar-refractivity contribution in [2.75, 3.05) is 32.1 Å². The summed E-state index contributed by atoms with van der Waals surface area (Å²) in [7, 11) is 4.02. The second kappa shape index (κ2) is 6.37. The number of rotatable bonds is 3. The molecule has 0 amide bonds. The van der Waals surface area contributed by atoms with Crippen LogP contribution in [0.1, 0.15) is 11.6 Å². The molecule has 2 nitrogen and oxygen atoms in total. The minimum atomic E-state index is -0.152. The van der Waals surface area contributed by atoms with E-state index < -0.39 is 0 Å². The number of hydrogen-bond donors (Lipinski definition) is 1. The van der Waals surface area contributed by atoms with Crippen LogP contribution in [0.3, 0.4) is 0 Å². The quantitative estimate of drug-likeness (QED) is 0.916. The van der Waals surface area contributed by atoms with Crippen LogP contribution in [0.2, 0.25) is 0 Å². The summed E-state index contributed by atoms with van der Waals surface area (Å²) >= 11 is 5.20. The van der Waals surface area contributed by atoms with E-state index in [0.717, 1.165) is 23.6 Å². The topological polar surface area (TPSA) is 15.3 Å². The van der Waals surface area contributed by atoms with Crippen molar-refractivity contribution in [2.24, 2.45) is 0 Å². The molecule has 0 radical (unpaired) electrons. The lowest BCUT2D eigenvalue weighted by molar-refractivity contribution is 0.218. The Morgan fingerprint density at radius 2 is 2.33 bits per heavy atom. The fourth-order valence-corrected chi connectivity index (χ4v) is 4.03. The van der Waals surface area contributed by atoms with Crippen LogP contribution in [-0.4, -0.2) is 43.1 Å². The molecule has 5 heteroatoms. The van der Waals surface area contributed by atoms with Gasteiger partial charge in [-0.2, -0.15) is 11.8 Å². The summed E-state index contributed by atoms with van der Waals surface area (Å²) in [6.45, 7) is 1.06. The van der Waals surface area contributed by atoms with Crippen molar-refractivity contribution >= 4 is 27.7 Å². The first-order valence-corrected chi connectivity index (χ1v) is 7.99. The fraction of sp³-hybridized carbons (Fsp3) is 0.538. The smallest absolute Gasteiger partial charge is 0.142 e. The third kappa shape index (κ3) is 2.90. The summed E-state index contributed by atoms with van der Waals surface area (Å²) in [5.74, 6) is 2.04. The van der Waals surface area contributed by atoms with E-state index in [2.05, 4.69) is 33.2 Å². The maximum Gasteiger partial charge on any atom is 0.142 e. The van der Waals surface area contributed by atoms with Crippen molar-refractivity contribution in [3.8, 4) is 0 Å². The predicted molar refractivity (Wildman–Crippen MR) is 79.6 cm³/mol. The first kappa shape index (κ1) is 14.3. The van der Waals surface area contributed by atoms with Crippen LogP contribution in [0.5, 0.6) is 0 Å². The lowest BCUT2D eigenvalue weighted by Crippen LogP contribution is -2.47. The van der Waals surface area contributed by atoms with Crippen molar-refractivity contribution in [3.05, 3.63) is 34.1 Å². The minimum Gasteiger partial charge on any atom is -0.312 e. The first-order valence-electron chi connectivity index (χ1n) is 6.04. The molecule has 18 heavy (non-hydrogen) atoms. The van der Waals surface area contributed by atoms with Gasteiger partial charge in [-0.15, -0.1) is 0 Å². The summed E-state index contributed by atoms with van der Waals surface area (Å²) in [6, 6.07) is 5.86. The molecule has 1 aromatic carbocycles. The number of benzene rings is 1. The van der Waals surface area contributed by atoms with Crippen LogP contribution in [0.4, 0.5) is 4.39 Å². The van der Waals surface area contributed by atoms with Crippen molar-refractivity contribution in [2.45, 2.75) is 12.1 Å². The molecule has 1 aliphatic heterocycles.